The second-order valence-corrected chi connectivity index (χ2v) is 4.49. The van der Waals surface area contributed by atoms with Gasteiger partial charge in [0.15, 0.2) is 0 Å². The average Bonchev–Trinajstić information content (AvgIpc) is 2.68. The van der Waals surface area contributed by atoms with Crippen LogP contribution in [0.15, 0.2) is 24.3 Å². The lowest BCUT2D eigenvalue weighted by molar-refractivity contribution is 0.492. The Hall–Kier alpha value is -1.79. The number of nitrogens with two attached hydrogens (primary N) is 1. The van der Waals surface area contributed by atoms with Crippen molar-refractivity contribution in [1.82, 2.24) is 15.2 Å². The van der Waals surface area contributed by atoms with Crippen molar-refractivity contribution in [2.45, 2.75) is 19.4 Å². The van der Waals surface area contributed by atoms with Gasteiger partial charge in [0.05, 0.1) is 17.4 Å². The minimum absolute atomic E-state index is 0.286. The summed E-state index contributed by atoms with van der Waals surface area (Å²) in [6, 6.07) is 5.13. The number of rotatable bonds is 4. The number of benzene rings is 1. The zero-order valence-corrected chi connectivity index (χ0v) is 10.8. The molecule has 1 atom stereocenters. The predicted molar refractivity (Wildman–Crippen MR) is 68.1 cm³/mol. The zero-order valence-electron chi connectivity index (χ0n) is 10.8. The van der Waals surface area contributed by atoms with Crippen LogP contribution in [0, 0.1) is 18.6 Å². The number of aromatic nitrogens is 2. The lowest BCUT2D eigenvalue weighted by atomic mass is 10.0. The lowest BCUT2D eigenvalue weighted by Gasteiger charge is -2.16. The molecule has 1 aromatic carbocycles. The molecule has 102 valence electrons. The molecule has 0 bridgehead atoms. The molecule has 2 rings (SSSR count). The Labute approximate surface area is 110 Å². The van der Waals surface area contributed by atoms with Gasteiger partial charge in [-0.3, -0.25) is 16.0 Å². The first-order valence-corrected chi connectivity index (χ1v) is 5.92. The van der Waals surface area contributed by atoms with Crippen molar-refractivity contribution in [3.8, 4) is 0 Å². The fourth-order valence-corrected chi connectivity index (χ4v) is 2.11. The van der Waals surface area contributed by atoms with Gasteiger partial charge in [0.25, 0.3) is 0 Å². The first-order valence-electron chi connectivity index (χ1n) is 5.92. The average molecular weight is 266 g/mol. The van der Waals surface area contributed by atoms with E-state index in [2.05, 4.69) is 10.5 Å². The number of hydrazine groups is 1. The second-order valence-electron chi connectivity index (χ2n) is 4.49. The minimum Gasteiger partial charge on any atom is -0.271 e. The number of nitrogens with one attached hydrogen (secondary N) is 1. The van der Waals surface area contributed by atoms with Gasteiger partial charge in [0.2, 0.25) is 0 Å². The van der Waals surface area contributed by atoms with Gasteiger partial charge >= 0.3 is 0 Å². The number of aryl methyl sites for hydroxylation is 2. The van der Waals surface area contributed by atoms with Crippen molar-refractivity contribution in [1.29, 1.82) is 0 Å². The van der Waals surface area contributed by atoms with Gasteiger partial charge in [-0.15, -0.1) is 0 Å². The van der Waals surface area contributed by atoms with Gasteiger partial charge in [0, 0.05) is 13.1 Å². The highest BCUT2D eigenvalue weighted by atomic mass is 19.1. The summed E-state index contributed by atoms with van der Waals surface area (Å²) in [5.74, 6) is 4.36. The third-order valence-corrected chi connectivity index (χ3v) is 3.04. The maximum atomic E-state index is 13.6. The van der Waals surface area contributed by atoms with Crippen LogP contribution in [0.4, 0.5) is 8.78 Å². The molecule has 0 fully saturated rings. The number of nitrogens with zero attached hydrogens (tertiary/aromatic N) is 2. The molecular weight excluding hydrogens is 250 g/mol. The van der Waals surface area contributed by atoms with Gasteiger partial charge in [0.1, 0.15) is 11.6 Å². The molecule has 0 amide bonds. The van der Waals surface area contributed by atoms with E-state index in [1.165, 1.54) is 12.1 Å². The normalized spacial score (nSPS) is 12.7. The fourth-order valence-electron chi connectivity index (χ4n) is 2.11. The summed E-state index contributed by atoms with van der Waals surface area (Å²) < 4.78 is 28.2. The molecule has 1 unspecified atom stereocenters. The van der Waals surface area contributed by atoms with E-state index < -0.39 is 11.6 Å². The molecule has 1 aromatic heterocycles. The molecule has 4 nitrogen and oxygen atoms in total. The Balaban J connectivity index is 2.26. The molecule has 6 heteroatoms. The summed E-state index contributed by atoms with van der Waals surface area (Å²) >= 11 is 0. The van der Waals surface area contributed by atoms with Gasteiger partial charge in [-0.2, -0.15) is 5.10 Å². The monoisotopic (exact) mass is 266 g/mol. The largest absolute Gasteiger partial charge is 0.271 e. The Bertz CT molecular complexity index is 580. The number of hydrogen-bond donors (Lipinski definition) is 2. The molecule has 19 heavy (non-hydrogen) atoms. The standard InChI is InChI=1S/C13H16F2N4/c1-8-5-13(19(2)18-8)12(17-16)6-9-3-4-10(14)7-11(9)15/h3-5,7,12,17H,6,16H2,1-2H3. The lowest BCUT2D eigenvalue weighted by Crippen LogP contribution is -2.31. The van der Waals surface area contributed by atoms with E-state index in [4.69, 9.17) is 5.84 Å². The molecular formula is C13H16F2N4. The van der Waals surface area contributed by atoms with Crippen molar-refractivity contribution >= 4 is 0 Å². The molecule has 2 aromatic rings. The minimum atomic E-state index is -0.588. The third kappa shape index (κ3) is 2.97. The number of halogens is 2. The summed E-state index contributed by atoms with van der Waals surface area (Å²) in [4.78, 5) is 0. The third-order valence-electron chi connectivity index (χ3n) is 3.04. The van der Waals surface area contributed by atoms with Crippen LogP contribution in [0.3, 0.4) is 0 Å². The van der Waals surface area contributed by atoms with E-state index in [1.807, 2.05) is 13.0 Å². The van der Waals surface area contributed by atoms with E-state index in [0.717, 1.165) is 17.5 Å². The SMILES string of the molecule is Cc1cc(C(Cc2ccc(F)cc2F)NN)n(C)n1. The molecule has 0 aliphatic rings. The van der Waals surface area contributed by atoms with Gasteiger partial charge in [-0.05, 0) is 31.0 Å². The predicted octanol–water partition coefficient (Wildman–Crippen LogP) is 1.75. The first-order chi connectivity index (χ1) is 9.01. The maximum absolute atomic E-state index is 13.6. The van der Waals surface area contributed by atoms with Crippen LogP contribution in [0.1, 0.15) is 23.0 Å². The van der Waals surface area contributed by atoms with Crippen molar-refractivity contribution in [3.05, 3.63) is 52.9 Å². The molecule has 0 saturated heterocycles. The summed E-state index contributed by atoms with van der Waals surface area (Å²) in [6.07, 6.45) is 0.321. The first kappa shape index (κ1) is 13.6. The van der Waals surface area contributed by atoms with Crippen LogP contribution in [-0.4, -0.2) is 9.78 Å². The summed E-state index contributed by atoms with van der Waals surface area (Å²) in [6.45, 7) is 1.87. The van der Waals surface area contributed by atoms with Gasteiger partial charge < -0.3 is 0 Å². The van der Waals surface area contributed by atoms with Gasteiger partial charge in [-0.25, -0.2) is 8.78 Å². The van der Waals surface area contributed by atoms with Crippen LogP contribution in [0.5, 0.6) is 0 Å². The van der Waals surface area contributed by atoms with Crippen molar-refractivity contribution < 1.29 is 8.78 Å². The van der Waals surface area contributed by atoms with Crippen LogP contribution in [0.2, 0.25) is 0 Å². The molecule has 0 spiro atoms. The van der Waals surface area contributed by atoms with Crippen LogP contribution < -0.4 is 11.3 Å². The Morgan fingerprint density at radius 2 is 2.11 bits per heavy atom. The van der Waals surface area contributed by atoms with E-state index in [-0.39, 0.29) is 6.04 Å². The topological polar surface area (TPSA) is 55.9 Å². The molecule has 1 heterocycles. The van der Waals surface area contributed by atoms with E-state index in [1.54, 1.807) is 11.7 Å². The highest BCUT2D eigenvalue weighted by Gasteiger charge is 2.17. The van der Waals surface area contributed by atoms with Crippen molar-refractivity contribution in [2.24, 2.45) is 12.9 Å². The second kappa shape index (κ2) is 5.46. The highest BCUT2D eigenvalue weighted by Crippen LogP contribution is 2.20. The van der Waals surface area contributed by atoms with Crippen LogP contribution in [0.25, 0.3) is 0 Å². The van der Waals surface area contributed by atoms with Crippen molar-refractivity contribution in [2.75, 3.05) is 0 Å². The van der Waals surface area contributed by atoms with Crippen molar-refractivity contribution in [3.63, 3.8) is 0 Å². The maximum Gasteiger partial charge on any atom is 0.129 e. The Morgan fingerprint density at radius 1 is 1.37 bits per heavy atom. The Morgan fingerprint density at radius 3 is 2.63 bits per heavy atom. The highest BCUT2D eigenvalue weighted by molar-refractivity contribution is 5.22. The van der Waals surface area contributed by atoms with E-state index >= 15 is 0 Å². The summed E-state index contributed by atoms with van der Waals surface area (Å²) in [5.41, 5.74) is 4.76. The smallest absolute Gasteiger partial charge is 0.129 e. The zero-order chi connectivity index (χ0) is 14.0. The molecule has 0 aliphatic heterocycles. The summed E-state index contributed by atoms with van der Waals surface area (Å²) in [5, 5.41) is 4.23. The van der Waals surface area contributed by atoms with E-state index in [9.17, 15) is 8.78 Å². The quantitative estimate of drug-likeness (QED) is 0.655. The van der Waals surface area contributed by atoms with E-state index in [0.29, 0.717) is 12.0 Å². The molecule has 3 N–H and O–H groups in total. The summed E-state index contributed by atoms with van der Waals surface area (Å²) in [7, 11) is 1.80. The van der Waals surface area contributed by atoms with Crippen LogP contribution in [-0.2, 0) is 13.5 Å². The van der Waals surface area contributed by atoms with Crippen LogP contribution >= 0.6 is 0 Å². The number of hydrogen-bond acceptors (Lipinski definition) is 3. The molecule has 0 radical (unpaired) electrons. The molecule has 0 aliphatic carbocycles. The van der Waals surface area contributed by atoms with Gasteiger partial charge in [-0.1, -0.05) is 6.07 Å². The molecule has 0 saturated carbocycles. The fraction of sp³-hybridized carbons (Fsp3) is 0.308. The Kier molecular flexibility index (Phi) is 3.92.